The average molecular weight is 184 g/mol. The van der Waals surface area contributed by atoms with E-state index in [9.17, 15) is 0 Å². The van der Waals surface area contributed by atoms with Crippen molar-refractivity contribution in [2.24, 2.45) is 5.92 Å². The second kappa shape index (κ2) is 3.95. The fourth-order valence-corrected chi connectivity index (χ4v) is 1.96. The smallest absolute Gasteiger partial charge is 0.0645 e. The molecule has 0 aromatic rings. The van der Waals surface area contributed by atoms with E-state index in [1.54, 1.807) is 0 Å². The van der Waals surface area contributed by atoms with E-state index in [1.807, 2.05) is 0 Å². The molecular weight excluding hydrogens is 164 g/mol. The Bertz CT molecular complexity index is 162. The summed E-state index contributed by atoms with van der Waals surface area (Å²) in [5, 5.41) is 6.93. The first-order valence-electron chi connectivity index (χ1n) is 5.32. The average Bonchev–Trinajstić information content (AvgIpc) is 2.02. The molecule has 76 valence electrons. The second-order valence-electron chi connectivity index (χ2n) is 4.62. The Kier molecular flexibility index (Phi) is 2.86. The van der Waals surface area contributed by atoms with Crippen LogP contribution in [-0.4, -0.2) is 38.4 Å². The Morgan fingerprint density at radius 3 is 2.92 bits per heavy atom. The molecule has 3 heteroatoms. The Labute approximate surface area is 80.2 Å². The van der Waals surface area contributed by atoms with Crippen molar-refractivity contribution >= 4 is 0 Å². The molecule has 0 aromatic carbocycles. The number of nitrogens with one attached hydrogen (secondary N) is 2. The first-order valence-corrected chi connectivity index (χ1v) is 5.32. The summed E-state index contributed by atoms with van der Waals surface area (Å²) in [6, 6.07) is 0. The lowest BCUT2D eigenvalue weighted by Crippen LogP contribution is -2.55. The molecule has 2 saturated heterocycles. The maximum Gasteiger partial charge on any atom is 0.0645 e. The minimum Gasteiger partial charge on any atom is -0.380 e. The number of hydrogen-bond donors (Lipinski definition) is 2. The maximum absolute atomic E-state index is 5.49. The minimum absolute atomic E-state index is 0.244. The molecule has 0 aromatic heterocycles. The second-order valence-corrected chi connectivity index (χ2v) is 4.62. The summed E-state index contributed by atoms with van der Waals surface area (Å²) in [6.45, 7) is 7.62. The SMILES string of the molecule is CC1(NCC2CNC2)CCCOC1. The Morgan fingerprint density at radius 2 is 2.38 bits per heavy atom. The first-order chi connectivity index (χ1) is 6.29. The van der Waals surface area contributed by atoms with Crippen LogP contribution < -0.4 is 10.6 Å². The highest BCUT2D eigenvalue weighted by atomic mass is 16.5. The lowest BCUT2D eigenvalue weighted by atomic mass is 9.93. The van der Waals surface area contributed by atoms with Gasteiger partial charge in [-0.25, -0.2) is 0 Å². The van der Waals surface area contributed by atoms with Crippen LogP contribution in [-0.2, 0) is 4.74 Å². The van der Waals surface area contributed by atoms with Gasteiger partial charge in [0.05, 0.1) is 6.61 Å². The summed E-state index contributed by atoms with van der Waals surface area (Å²) < 4.78 is 5.49. The first kappa shape index (κ1) is 9.44. The summed E-state index contributed by atoms with van der Waals surface area (Å²) in [5.41, 5.74) is 0.244. The molecule has 0 saturated carbocycles. The van der Waals surface area contributed by atoms with Crippen LogP contribution in [0.3, 0.4) is 0 Å². The molecule has 0 spiro atoms. The quantitative estimate of drug-likeness (QED) is 0.664. The normalized spacial score (nSPS) is 35.8. The molecule has 2 heterocycles. The van der Waals surface area contributed by atoms with Crippen molar-refractivity contribution in [2.75, 3.05) is 32.8 Å². The van der Waals surface area contributed by atoms with Crippen LogP contribution in [0, 0.1) is 5.92 Å². The van der Waals surface area contributed by atoms with Crippen molar-refractivity contribution in [2.45, 2.75) is 25.3 Å². The van der Waals surface area contributed by atoms with E-state index < -0.39 is 0 Å². The predicted molar refractivity (Wildman–Crippen MR) is 52.8 cm³/mol. The maximum atomic E-state index is 5.49. The fourth-order valence-electron chi connectivity index (χ4n) is 1.96. The van der Waals surface area contributed by atoms with Gasteiger partial charge in [-0.15, -0.1) is 0 Å². The third-order valence-corrected chi connectivity index (χ3v) is 3.12. The van der Waals surface area contributed by atoms with Crippen molar-refractivity contribution in [3.05, 3.63) is 0 Å². The highest BCUT2D eigenvalue weighted by Crippen LogP contribution is 2.18. The van der Waals surface area contributed by atoms with Gasteiger partial charge in [0.25, 0.3) is 0 Å². The van der Waals surface area contributed by atoms with Crippen LogP contribution in [0.15, 0.2) is 0 Å². The zero-order valence-corrected chi connectivity index (χ0v) is 8.44. The monoisotopic (exact) mass is 184 g/mol. The fraction of sp³-hybridized carbons (Fsp3) is 1.00. The van der Waals surface area contributed by atoms with Crippen molar-refractivity contribution in [3.8, 4) is 0 Å². The van der Waals surface area contributed by atoms with Crippen LogP contribution >= 0.6 is 0 Å². The molecule has 2 fully saturated rings. The number of ether oxygens (including phenoxy) is 1. The number of hydrogen-bond acceptors (Lipinski definition) is 3. The molecule has 1 atom stereocenters. The van der Waals surface area contributed by atoms with Gasteiger partial charge in [0.15, 0.2) is 0 Å². The van der Waals surface area contributed by atoms with Crippen LogP contribution in [0.1, 0.15) is 19.8 Å². The van der Waals surface area contributed by atoms with Gasteiger partial charge in [-0.3, -0.25) is 0 Å². The zero-order chi connectivity index (χ0) is 9.15. The molecule has 0 bridgehead atoms. The largest absolute Gasteiger partial charge is 0.380 e. The molecule has 13 heavy (non-hydrogen) atoms. The van der Waals surface area contributed by atoms with Crippen LogP contribution in [0.2, 0.25) is 0 Å². The molecule has 0 aliphatic carbocycles. The van der Waals surface area contributed by atoms with Crippen LogP contribution in [0.25, 0.3) is 0 Å². The standard InChI is InChI=1S/C10H20N2O/c1-10(3-2-4-13-8-10)12-7-9-5-11-6-9/h9,11-12H,2-8H2,1H3. The van der Waals surface area contributed by atoms with Gasteiger partial charge in [0.1, 0.15) is 0 Å². The third kappa shape index (κ3) is 2.42. The van der Waals surface area contributed by atoms with E-state index in [0.717, 1.165) is 25.7 Å². The summed E-state index contributed by atoms with van der Waals surface area (Å²) in [4.78, 5) is 0. The molecule has 1 unspecified atom stereocenters. The van der Waals surface area contributed by atoms with Crippen LogP contribution in [0.4, 0.5) is 0 Å². The van der Waals surface area contributed by atoms with E-state index in [2.05, 4.69) is 17.6 Å². The van der Waals surface area contributed by atoms with Gasteiger partial charge in [-0.2, -0.15) is 0 Å². The molecule has 0 amide bonds. The summed E-state index contributed by atoms with van der Waals surface area (Å²) >= 11 is 0. The van der Waals surface area contributed by atoms with Gasteiger partial charge >= 0.3 is 0 Å². The van der Waals surface area contributed by atoms with E-state index in [4.69, 9.17) is 4.74 Å². The zero-order valence-electron chi connectivity index (χ0n) is 8.44. The van der Waals surface area contributed by atoms with Gasteiger partial charge in [-0.05, 0) is 25.7 Å². The third-order valence-electron chi connectivity index (χ3n) is 3.12. The molecule has 3 nitrogen and oxygen atoms in total. The molecule has 0 radical (unpaired) electrons. The summed E-state index contributed by atoms with van der Waals surface area (Å²) in [6.07, 6.45) is 2.46. The Hall–Kier alpha value is -0.120. The molecule has 2 aliphatic rings. The highest BCUT2D eigenvalue weighted by Gasteiger charge is 2.28. The number of rotatable bonds is 3. The van der Waals surface area contributed by atoms with Crippen molar-refractivity contribution in [1.82, 2.24) is 10.6 Å². The molecule has 2 N–H and O–H groups in total. The lowest BCUT2D eigenvalue weighted by Gasteiger charge is -2.37. The van der Waals surface area contributed by atoms with Crippen molar-refractivity contribution in [3.63, 3.8) is 0 Å². The van der Waals surface area contributed by atoms with E-state index in [1.165, 1.54) is 25.9 Å². The lowest BCUT2D eigenvalue weighted by molar-refractivity contribution is 0.0258. The summed E-state index contributed by atoms with van der Waals surface area (Å²) in [7, 11) is 0. The van der Waals surface area contributed by atoms with Gasteiger partial charge in [0.2, 0.25) is 0 Å². The summed E-state index contributed by atoms with van der Waals surface area (Å²) in [5.74, 6) is 0.846. The molecular formula is C10H20N2O. The van der Waals surface area contributed by atoms with E-state index in [-0.39, 0.29) is 5.54 Å². The van der Waals surface area contributed by atoms with Crippen molar-refractivity contribution < 1.29 is 4.74 Å². The van der Waals surface area contributed by atoms with Gasteiger partial charge in [-0.1, -0.05) is 0 Å². The van der Waals surface area contributed by atoms with E-state index in [0.29, 0.717) is 0 Å². The predicted octanol–water partition coefficient (Wildman–Crippen LogP) is 0.364. The van der Waals surface area contributed by atoms with Gasteiger partial charge in [0, 0.05) is 31.8 Å². The topological polar surface area (TPSA) is 33.3 Å². The Morgan fingerprint density at radius 1 is 1.54 bits per heavy atom. The van der Waals surface area contributed by atoms with Crippen LogP contribution in [0.5, 0.6) is 0 Å². The molecule has 2 rings (SSSR count). The highest BCUT2D eigenvalue weighted by molar-refractivity contribution is 4.88. The molecule has 2 aliphatic heterocycles. The minimum atomic E-state index is 0.244. The van der Waals surface area contributed by atoms with E-state index >= 15 is 0 Å². The van der Waals surface area contributed by atoms with Crippen molar-refractivity contribution in [1.29, 1.82) is 0 Å². The Balaban J connectivity index is 1.71. The van der Waals surface area contributed by atoms with Gasteiger partial charge < -0.3 is 15.4 Å².